The van der Waals surface area contributed by atoms with Crippen LogP contribution in [0.1, 0.15) is 44.6 Å². The van der Waals surface area contributed by atoms with Crippen molar-refractivity contribution in [1.82, 2.24) is 10.2 Å². The third-order valence-electron chi connectivity index (χ3n) is 4.26. The molecule has 4 nitrogen and oxygen atoms in total. The number of aliphatic imine (C=N–C) groups is 1. The maximum Gasteiger partial charge on any atom is 0.193 e. The fraction of sp³-hybridized carbons (Fsp3) is 0.632. The molecule has 136 valence electrons. The van der Waals surface area contributed by atoms with Crippen molar-refractivity contribution in [2.24, 2.45) is 4.99 Å². The zero-order valence-corrected chi connectivity index (χ0v) is 17.4. The van der Waals surface area contributed by atoms with Gasteiger partial charge in [0.1, 0.15) is 0 Å². The first-order valence-corrected chi connectivity index (χ1v) is 9.01. The van der Waals surface area contributed by atoms with Crippen LogP contribution in [-0.2, 0) is 4.74 Å². The number of benzene rings is 1. The third kappa shape index (κ3) is 6.97. The summed E-state index contributed by atoms with van der Waals surface area (Å²) >= 11 is 0. The van der Waals surface area contributed by atoms with Crippen molar-refractivity contribution < 1.29 is 4.74 Å². The van der Waals surface area contributed by atoms with Crippen LogP contribution in [0, 0.1) is 0 Å². The number of nitrogens with one attached hydrogen (secondary N) is 1. The molecule has 1 atom stereocenters. The Hall–Kier alpha value is -0.820. The molecular formula is C19H32IN3O. The van der Waals surface area contributed by atoms with E-state index in [1.165, 1.54) is 12.0 Å². The quantitative estimate of drug-likeness (QED) is 0.286. The second-order valence-electron chi connectivity index (χ2n) is 5.98. The van der Waals surface area contributed by atoms with Gasteiger partial charge in [0.05, 0.1) is 0 Å². The van der Waals surface area contributed by atoms with Gasteiger partial charge in [0, 0.05) is 45.3 Å². The topological polar surface area (TPSA) is 36.9 Å². The van der Waals surface area contributed by atoms with E-state index < -0.39 is 0 Å². The second-order valence-corrected chi connectivity index (χ2v) is 5.98. The highest BCUT2D eigenvalue weighted by Crippen LogP contribution is 2.26. The molecular weight excluding hydrogens is 413 g/mol. The predicted octanol–water partition coefficient (Wildman–Crippen LogP) is 3.88. The molecule has 24 heavy (non-hydrogen) atoms. The molecule has 0 saturated carbocycles. The molecule has 1 N–H and O–H groups in total. The molecule has 1 aromatic rings. The van der Waals surface area contributed by atoms with E-state index in [9.17, 15) is 0 Å². The molecule has 0 bridgehead atoms. The number of hydrogen-bond donors (Lipinski definition) is 1. The molecule has 1 aliphatic heterocycles. The summed E-state index contributed by atoms with van der Waals surface area (Å²) in [6, 6.07) is 10.8. The fourth-order valence-electron chi connectivity index (χ4n) is 3.02. The Morgan fingerprint density at radius 2 is 2.04 bits per heavy atom. The lowest BCUT2D eigenvalue weighted by Gasteiger charge is -2.21. The summed E-state index contributed by atoms with van der Waals surface area (Å²) in [4.78, 5) is 7.20. The van der Waals surface area contributed by atoms with E-state index in [-0.39, 0.29) is 24.0 Å². The molecule has 0 aliphatic carbocycles. The number of rotatable bonds is 8. The van der Waals surface area contributed by atoms with E-state index >= 15 is 0 Å². The summed E-state index contributed by atoms with van der Waals surface area (Å²) in [5.41, 5.74) is 1.45. The first-order valence-electron chi connectivity index (χ1n) is 9.01. The zero-order chi connectivity index (χ0) is 16.3. The van der Waals surface area contributed by atoms with Crippen molar-refractivity contribution in [2.45, 2.75) is 39.0 Å². The Morgan fingerprint density at radius 3 is 2.75 bits per heavy atom. The molecule has 0 aromatic heterocycles. The summed E-state index contributed by atoms with van der Waals surface area (Å²) in [5.74, 6) is 1.69. The monoisotopic (exact) mass is 445 g/mol. The van der Waals surface area contributed by atoms with E-state index in [0.717, 1.165) is 58.2 Å². The van der Waals surface area contributed by atoms with Gasteiger partial charge >= 0.3 is 0 Å². The molecule has 0 spiro atoms. The average molecular weight is 445 g/mol. The summed E-state index contributed by atoms with van der Waals surface area (Å²) in [7, 11) is 0. The van der Waals surface area contributed by atoms with Gasteiger partial charge in [-0.05, 0) is 38.7 Å². The average Bonchev–Trinajstić information content (AvgIpc) is 3.08. The van der Waals surface area contributed by atoms with Crippen LogP contribution >= 0.6 is 24.0 Å². The number of ether oxygens (including phenoxy) is 1. The Kier molecular flexibility index (Phi) is 11.1. The third-order valence-corrected chi connectivity index (χ3v) is 4.26. The Morgan fingerprint density at radius 1 is 1.25 bits per heavy atom. The molecule has 1 fully saturated rings. The van der Waals surface area contributed by atoms with Crippen LogP contribution in [-0.4, -0.2) is 50.3 Å². The highest BCUT2D eigenvalue weighted by Gasteiger charge is 2.25. The lowest BCUT2D eigenvalue weighted by atomic mass is 9.99. The smallest absolute Gasteiger partial charge is 0.193 e. The number of guanidine groups is 1. The van der Waals surface area contributed by atoms with Crippen LogP contribution in [0.5, 0.6) is 0 Å². The minimum absolute atomic E-state index is 0. The molecule has 2 rings (SSSR count). The van der Waals surface area contributed by atoms with Crippen molar-refractivity contribution >= 4 is 29.9 Å². The minimum atomic E-state index is 0. The Balaban J connectivity index is 0.00000288. The van der Waals surface area contributed by atoms with Gasteiger partial charge in [-0.3, -0.25) is 4.99 Å². The van der Waals surface area contributed by atoms with Crippen molar-refractivity contribution in [2.75, 3.05) is 39.4 Å². The first kappa shape index (κ1) is 21.2. The van der Waals surface area contributed by atoms with Gasteiger partial charge in [-0.2, -0.15) is 0 Å². The lowest BCUT2D eigenvalue weighted by Crippen LogP contribution is -2.40. The maximum atomic E-state index is 5.38. The van der Waals surface area contributed by atoms with Crippen LogP contribution in [0.2, 0.25) is 0 Å². The van der Waals surface area contributed by atoms with Crippen molar-refractivity contribution in [3.8, 4) is 0 Å². The van der Waals surface area contributed by atoms with Gasteiger partial charge in [-0.25, -0.2) is 0 Å². The van der Waals surface area contributed by atoms with E-state index in [1.807, 2.05) is 6.92 Å². The molecule has 0 radical (unpaired) electrons. The van der Waals surface area contributed by atoms with Crippen LogP contribution in [0.15, 0.2) is 35.3 Å². The van der Waals surface area contributed by atoms with Gasteiger partial charge in [0.2, 0.25) is 0 Å². The van der Waals surface area contributed by atoms with Crippen LogP contribution in [0.25, 0.3) is 0 Å². The summed E-state index contributed by atoms with van der Waals surface area (Å²) in [6.07, 6.45) is 3.38. The van der Waals surface area contributed by atoms with E-state index in [0.29, 0.717) is 5.92 Å². The van der Waals surface area contributed by atoms with E-state index in [2.05, 4.69) is 47.5 Å². The number of halogens is 1. The Bertz CT molecular complexity index is 467. The van der Waals surface area contributed by atoms with Gasteiger partial charge in [0.25, 0.3) is 0 Å². The van der Waals surface area contributed by atoms with Crippen molar-refractivity contribution in [3.05, 3.63) is 35.9 Å². The molecule has 0 amide bonds. The predicted molar refractivity (Wildman–Crippen MR) is 112 cm³/mol. The van der Waals surface area contributed by atoms with Gasteiger partial charge in [-0.1, -0.05) is 30.3 Å². The summed E-state index contributed by atoms with van der Waals surface area (Å²) in [6.45, 7) is 9.78. The first-order chi connectivity index (χ1) is 11.3. The summed E-state index contributed by atoms with van der Waals surface area (Å²) < 4.78 is 5.38. The van der Waals surface area contributed by atoms with Gasteiger partial charge < -0.3 is 15.0 Å². The molecule has 1 aromatic carbocycles. The van der Waals surface area contributed by atoms with Crippen molar-refractivity contribution in [3.63, 3.8) is 0 Å². The van der Waals surface area contributed by atoms with E-state index in [4.69, 9.17) is 9.73 Å². The SMILES string of the molecule is CCNC(=NCCCCOCC)N1CCC(c2ccccc2)C1.I. The maximum absolute atomic E-state index is 5.38. The van der Waals surface area contributed by atoms with Crippen LogP contribution < -0.4 is 5.32 Å². The van der Waals surface area contributed by atoms with E-state index in [1.54, 1.807) is 0 Å². The number of hydrogen-bond acceptors (Lipinski definition) is 2. The summed E-state index contributed by atoms with van der Waals surface area (Å²) in [5, 5.41) is 3.44. The molecule has 5 heteroatoms. The zero-order valence-electron chi connectivity index (χ0n) is 15.0. The highest BCUT2D eigenvalue weighted by atomic mass is 127. The fourth-order valence-corrected chi connectivity index (χ4v) is 3.02. The second kappa shape index (κ2) is 12.5. The number of unbranched alkanes of at least 4 members (excludes halogenated alkanes) is 1. The standard InChI is InChI=1S/C19H31N3O.HI/c1-3-20-19(21-13-8-9-15-23-4-2)22-14-12-18(16-22)17-10-6-5-7-11-17;/h5-7,10-11,18H,3-4,8-9,12-16H2,1-2H3,(H,20,21);1H. The van der Waals surface area contributed by atoms with Crippen molar-refractivity contribution in [1.29, 1.82) is 0 Å². The molecule has 1 aliphatic rings. The molecule has 1 heterocycles. The minimum Gasteiger partial charge on any atom is -0.382 e. The normalized spacial score (nSPS) is 17.7. The Labute approximate surface area is 164 Å². The van der Waals surface area contributed by atoms with Crippen LogP contribution in [0.4, 0.5) is 0 Å². The highest BCUT2D eigenvalue weighted by molar-refractivity contribution is 14.0. The van der Waals surface area contributed by atoms with Crippen LogP contribution in [0.3, 0.4) is 0 Å². The molecule has 1 unspecified atom stereocenters. The largest absolute Gasteiger partial charge is 0.382 e. The number of nitrogens with zero attached hydrogens (tertiary/aromatic N) is 2. The molecule has 1 saturated heterocycles. The number of likely N-dealkylation sites (tertiary alicyclic amines) is 1. The van der Waals surface area contributed by atoms with Gasteiger partial charge in [0.15, 0.2) is 5.96 Å². The van der Waals surface area contributed by atoms with Gasteiger partial charge in [-0.15, -0.1) is 24.0 Å². The lowest BCUT2D eigenvalue weighted by molar-refractivity contribution is 0.144.